The van der Waals surface area contributed by atoms with Crippen LogP contribution in [0.2, 0.25) is 0 Å². The maximum atomic E-state index is 13.0. The number of halogens is 1. The third kappa shape index (κ3) is 3.19. The Kier molecular flexibility index (Phi) is 4.28. The fourth-order valence-electron chi connectivity index (χ4n) is 1.84. The zero-order chi connectivity index (χ0) is 13.7. The second-order valence-electron chi connectivity index (χ2n) is 3.99. The molecule has 0 aliphatic carbocycles. The molecule has 100 valence electrons. The molecule has 0 unspecified atom stereocenters. The predicted octanol–water partition coefficient (Wildman–Crippen LogP) is 3.21. The normalized spacial score (nSPS) is 10.3. The van der Waals surface area contributed by atoms with Crippen LogP contribution in [0, 0.1) is 5.82 Å². The molecule has 2 aromatic rings. The largest absolute Gasteiger partial charge is 0.354 e. The van der Waals surface area contributed by atoms with Gasteiger partial charge >= 0.3 is 0 Å². The lowest BCUT2D eigenvalue weighted by Crippen LogP contribution is -2.18. The summed E-state index contributed by atoms with van der Waals surface area (Å²) in [6.07, 6.45) is 1.71. The van der Waals surface area contributed by atoms with Gasteiger partial charge in [0.15, 0.2) is 0 Å². The van der Waals surface area contributed by atoms with Crippen molar-refractivity contribution in [3.05, 3.63) is 42.3 Å². The van der Waals surface area contributed by atoms with E-state index in [0.717, 1.165) is 24.6 Å². The molecule has 19 heavy (non-hydrogen) atoms. The van der Waals surface area contributed by atoms with Gasteiger partial charge < -0.3 is 10.2 Å². The van der Waals surface area contributed by atoms with E-state index in [1.165, 1.54) is 12.1 Å². The minimum absolute atomic E-state index is 0.240. The third-order valence-electron chi connectivity index (χ3n) is 2.71. The highest BCUT2D eigenvalue weighted by atomic mass is 19.1. The van der Waals surface area contributed by atoms with Gasteiger partial charge in [-0.1, -0.05) is 0 Å². The number of nitrogens with one attached hydrogen (secondary N) is 1. The highest BCUT2D eigenvalue weighted by Gasteiger charge is 2.09. The summed E-state index contributed by atoms with van der Waals surface area (Å²) in [7, 11) is 0. The first-order chi connectivity index (χ1) is 9.24. The Hall–Kier alpha value is -2.17. The average molecular weight is 260 g/mol. The van der Waals surface area contributed by atoms with E-state index in [1.807, 2.05) is 24.8 Å². The number of aromatic nitrogens is 2. The van der Waals surface area contributed by atoms with Gasteiger partial charge in [0.1, 0.15) is 11.6 Å². The van der Waals surface area contributed by atoms with Gasteiger partial charge in [-0.25, -0.2) is 9.37 Å². The standard InChI is InChI=1S/C14H17FN4/c1-3-16-14-17-10-9-13(18-14)19(4-2)12-7-5-11(15)6-8-12/h5-10H,3-4H2,1-2H3,(H,16,17,18). The van der Waals surface area contributed by atoms with E-state index in [2.05, 4.69) is 15.3 Å². The van der Waals surface area contributed by atoms with E-state index in [4.69, 9.17) is 0 Å². The molecule has 0 atom stereocenters. The van der Waals surface area contributed by atoms with Crippen molar-refractivity contribution in [2.75, 3.05) is 23.3 Å². The smallest absolute Gasteiger partial charge is 0.224 e. The highest BCUT2D eigenvalue weighted by molar-refractivity contribution is 5.60. The van der Waals surface area contributed by atoms with Gasteiger partial charge in [-0.2, -0.15) is 4.98 Å². The van der Waals surface area contributed by atoms with Gasteiger partial charge in [0.2, 0.25) is 5.95 Å². The van der Waals surface area contributed by atoms with Gasteiger partial charge in [0.25, 0.3) is 0 Å². The average Bonchev–Trinajstić information content (AvgIpc) is 2.43. The predicted molar refractivity (Wildman–Crippen MR) is 75.3 cm³/mol. The number of benzene rings is 1. The molecular weight excluding hydrogens is 243 g/mol. The van der Waals surface area contributed by atoms with Crippen LogP contribution in [0.15, 0.2) is 36.5 Å². The van der Waals surface area contributed by atoms with Crippen molar-refractivity contribution in [2.45, 2.75) is 13.8 Å². The summed E-state index contributed by atoms with van der Waals surface area (Å²) in [5.41, 5.74) is 0.907. The van der Waals surface area contributed by atoms with Crippen molar-refractivity contribution >= 4 is 17.5 Å². The zero-order valence-electron chi connectivity index (χ0n) is 11.1. The van der Waals surface area contributed by atoms with Gasteiger partial charge in [-0.3, -0.25) is 0 Å². The lowest BCUT2D eigenvalue weighted by atomic mass is 10.2. The van der Waals surface area contributed by atoms with Crippen molar-refractivity contribution in [1.82, 2.24) is 9.97 Å². The molecule has 0 radical (unpaired) electrons. The summed E-state index contributed by atoms with van der Waals surface area (Å²) in [4.78, 5) is 10.6. The highest BCUT2D eigenvalue weighted by Crippen LogP contribution is 2.23. The maximum Gasteiger partial charge on any atom is 0.224 e. The molecule has 1 N–H and O–H groups in total. The molecule has 5 heteroatoms. The molecule has 0 saturated heterocycles. The van der Waals surface area contributed by atoms with Gasteiger partial charge in [0.05, 0.1) is 0 Å². The van der Waals surface area contributed by atoms with Crippen LogP contribution in [-0.4, -0.2) is 23.1 Å². The molecule has 4 nitrogen and oxygen atoms in total. The second-order valence-corrected chi connectivity index (χ2v) is 3.99. The summed E-state index contributed by atoms with van der Waals surface area (Å²) in [6.45, 7) is 5.53. The van der Waals surface area contributed by atoms with E-state index in [0.29, 0.717) is 5.95 Å². The van der Waals surface area contributed by atoms with Crippen LogP contribution < -0.4 is 10.2 Å². The number of hydrogen-bond acceptors (Lipinski definition) is 4. The summed E-state index contributed by atoms with van der Waals surface area (Å²) < 4.78 is 13.0. The first-order valence-electron chi connectivity index (χ1n) is 6.34. The molecule has 2 rings (SSSR count). The Morgan fingerprint density at radius 1 is 1.16 bits per heavy atom. The van der Waals surface area contributed by atoms with Gasteiger partial charge in [0, 0.05) is 25.0 Å². The van der Waals surface area contributed by atoms with Crippen LogP contribution in [0.3, 0.4) is 0 Å². The maximum absolute atomic E-state index is 13.0. The number of rotatable bonds is 5. The van der Waals surface area contributed by atoms with Gasteiger partial charge in [-0.15, -0.1) is 0 Å². The number of anilines is 3. The Bertz CT molecular complexity index is 527. The minimum atomic E-state index is -0.240. The molecular formula is C14H17FN4. The molecule has 1 heterocycles. The molecule has 0 amide bonds. The molecule has 0 aliphatic heterocycles. The summed E-state index contributed by atoms with van der Waals surface area (Å²) in [5.74, 6) is 1.15. The van der Waals surface area contributed by atoms with Crippen LogP contribution in [0.5, 0.6) is 0 Å². The second kappa shape index (κ2) is 6.13. The summed E-state index contributed by atoms with van der Waals surface area (Å²) in [5, 5.41) is 3.08. The molecule has 0 saturated carbocycles. The van der Waals surface area contributed by atoms with Crippen LogP contribution in [-0.2, 0) is 0 Å². The van der Waals surface area contributed by atoms with Crippen molar-refractivity contribution in [2.24, 2.45) is 0 Å². The third-order valence-corrected chi connectivity index (χ3v) is 2.71. The topological polar surface area (TPSA) is 41.1 Å². The van der Waals surface area contributed by atoms with Gasteiger partial charge in [-0.05, 0) is 44.2 Å². The van der Waals surface area contributed by atoms with E-state index >= 15 is 0 Å². The lowest BCUT2D eigenvalue weighted by Gasteiger charge is -2.22. The van der Waals surface area contributed by atoms with E-state index in [1.54, 1.807) is 18.3 Å². The quantitative estimate of drug-likeness (QED) is 0.896. The zero-order valence-corrected chi connectivity index (χ0v) is 11.1. The van der Waals surface area contributed by atoms with Crippen LogP contribution in [0.25, 0.3) is 0 Å². The van der Waals surface area contributed by atoms with Crippen molar-refractivity contribution in [3.63, 3.8) is 0 Å². The number of nitrogens with zero attached hydrogens (tertiary/aromatic N) is 3. The van der Waals surface area contributed by atoms with Crippen LogP contribution >= 0.6 is 0 Å². The number of hydrogen-bond donors (Lipinski definition) is 1. The fraction of sp³-hybridized carbons (Fsp3) is 0.286. The van der Waals surface area contributed by atoms with E-state index in [9.17, 15) is 4.39 Å². The van der Waals surface area contributed by atoms with Crippen LogP contribution in [0.1, 0.15) is 13.8 Å². The van der Waals surface area contributed by atoms with E-state index in [-0.39, 0.29) is 5.82 Å². The molecule has 1 aromatic heterocycles. The first-order valence-corrected chi connectivity index (χ1v) is 6.34. The molecule has 1 aromatic carbocycles. The van der Waals surface area contributed by atoms with Crippen molar-refractivity contribution in [1.29, 1.82) is 0 Å². The monoisotopic (exact) mass is 260 g/mol. The fourth-order valence-corrected chi connectivity index (χ4v) is 1.84. The summed E-state index contributed by atoms with van der Waals surface area (Å²) in [6, 6.07) is 8.23. The Balaban J connectivity index is 2.30. The molecule has 0 bridgehead atoms. The molecule has 0 spiro atoms. The van der Waals surface area contributed by atoms with Crippen molar-refractivity contribution in [3.8, 4) is 0 Å². The Morgan fingerprint density at radius 3 is 2.53 bits per heavy atom. The molecule has 0 fully saturated rings. The van der Waals surface area contributed by atoms with Crippen molar-refractivity contribution < 1.29 is 4.39 Å². The summed E-state index contributed by atoms with van der Waals surface area (Å²) >= 11 is 0. The first kappa shape index (κ1) is 13.3. The Morgan fingerprint density at radius 2 is 1.89 bits per heavy atom. The SMILES string of the molecule is CCNc1nccc(N(CC)c2ccc(F)cc2)n1. The molecule has 0 aliphatic rings. The van der Waals surface area contributed by atoms with Crippen LogP contribution in [0.4, 0.5) is 21.8 Å². The minimum Gasteiger partial charge on any atom is -0.354 e. The lowest BCUT2D eigenvalue weighted by molar-refractivity contribution is 0.628. The van der Waals surface area contributed by atoms with E-state index < -0.39 is 0 Å². The Labute approximate surface area is 112 Å².